The molecule has 0 atom stereocenters. The van der Waals surface area contributed by atoms with Crippen molar-refractivity contribution >= 4 is 0 Å². The maximum atomic E-state index is 9.50. The van der Waals surface area contributed by atoms with Gasteiger partial charge in [0.1, 0.15) is 0 Å². The first-order chi connectivity index (χ1) is 9.80. The zero-order chi connectivity index (χ0) is 13.8. The van der Waals surface area contributed by atoms with Gasteiger partial charge in [-0.3, -0.25) is 0 Å². The molecule has 2 aliphatic heterocycles. The highest BCUT2D eigenvalue weighted by molar-refractivity contribution is 4.89. The number of hydrogen-bond donors (Lipinski definition) is 1. The Balaban J connectivity index is 1.38. The third-order valence-corrected chi connectivity index (χ3v) is 5.18. The van der Waals surface area contributed by atoms with Crippen LogP contribution in [0, 0.1) is 5.41 Å². The third-order valence-electron chi connectivity index (χ3n) is 5.18. The Morgan fingerprint density at radius 1 is 1.00 bits per heavy atom. The maximum Gasteiger partial charge on any atom is 0.0603 e. The molecular formula is C16H29NO3. The summed E-state index contributed by atoms with van der Waals surface area (Å²) in [7, 11) is 0. The normalized spacial score (nSPS) is 29.2. The van der Waals surface area contributed by atoms with Crippen LogP contribution in [0.15, 0.2) is 0 Å². The summed E-state index contributed by atoms with van der Waals surface area (Å²) < 4.78 is 11.6. The Morgan fingerprint density at radius 2 is 1.65 bits per heavy atom. The van der Waals surface area contributed by atoms with Crippen molar-refractivity contribution in [3.05, 3.63) is 0 Å². The summed E-state index contributed by atoms with van der Waals surface area (Å²) in [5, 5.41) is 9.50. The average Bonchev–Trinajstić information content (AvgIpc) is 2.46. The summed E-state index contributed by atoms with van der Waals surface area (Å²) in [6.45, 7) is 4.91. The highest BCUT2D eigenvalue weighted by Crippen LogP contribution is 2.30. The van der Waals surface area contributed by atoms with Gasteiger partial charge in [0.05, 0.1) is 37.4 Å². The Hall–Kier alpha value is -0.160. The quantitative estimate of drug-likeness (QED) is 0.835. The van der Waals surface area contributed by atoms with Gasteiger partial charge < -0.3 is 19.5 Å². The van der Waals surface area contributed by atoms with E-state index in [9.17, 15) is 5.11 Å². The van der Waals surface area contributed by atoms with E-state index in [4.69, 9.17) is 9.47 Å². The van der Waals surface area contributed by atoms with Gasteiger partial charge in [-0.25, -0.2) is 0 Å². The van der Waals surface area contributed by atoms with Crippen molar-refractivity contribution in [1.29, 1.82) is 0 Å². The first-order valence-electron chi connectivity index (χ1n) is 8.36. The molecule has 2 heterocycles. The summed E-state index contributed by atoms with van der Waals surface area (Å²) in [5.41, 5.74) is 0.0249. The number of aliphatic hydroxyl groups excluding tert-OH is 1. The standard InChI is InChI=1S/C16H29NO3/c18-11-16(12-19-13-16)10-17-8-6-15(7-9-17)20-14-4-2-1-3-5-14/h14-15,18H,1-13H2. The molecule has 0 aromatic heterocycles. The van der Waals surface area contributed by atoms with E-state index < -0.39 is 0 Å². The summed E-state index contributed by atoms with van der Waals surface area (Å²) in [6.07, 6.45) is 9.93. The Bertz CT molecular complexity index is 287. The van der Waals surface area contributed by atoms with Crippen molar-refractivity contribution in [2.75, 3.05) is 39.5 Å². The van der Waals surface area contributed by atoms with Crippen molar-refractivity contribution in [2.24, 2.45) is 5.41 Å². The number of ether oxygens (including phenoxy) is 2. The molecule has 116 valence electrons. The van der Waals surface area contributed by atoms with Crippen LogP contribution in [0.5, 0.6) is 0 Å². The van der Waals surface area contributed by atoms with E-state index in [1.807, 2.05) is 0 Å². The largest absolute Gasteiger partial charge is 0.396 e. The highest BCUT2D eigenvalue weighted by atomic mass is 16.5. The second kappa shape index (κ2) is 6.73. The molecule has 0 radical (unpaired) electrons. The number of piperidine rings is 1. The fourth-order valence-corrected chi connectivity index (χ4v) is 3.77. The van der Waals surface area contributed by atoms with E-state index in [1.165, 1.54) is 32.1 Å². The predicted octanol–water partition coefficient (Wildman–Crippen LogP) is 1.81. The Kier molecular flexibility index (Phi) is 4.97. The van der Waals surface area contributed by atoms with E-state index in [2.05, 4.69) is 4.90 Å². The molecule has 0 aromatic rings. The molecule has 2 saturated heterocycles. The molecule has 0 aromatic carbocycles. The fraction of sp³-hybridized carbons (Fsp3) is 1.00. The van der Waals surface area contributed by atoms with E-state index >= 15 is 0 Å². The van der Waals surface area contributed by atoms with Crippen LogP contribution in [0.3, 0.4) is 0 Å². The van der Waals surface area contributed by atoms with Crippen LogP contribution in [-0.2, 0) is 9.47 Å². The van der Waals surface area contributed by atoms with E-state index in [0.29, 0.717) is 12.2 Å². The molecule has 4 nitrogen and oxygen atoms in total. The first-order valence-corrected chi connectivity index (χ1v) is 8.36. The minimum absolute atomic E-state index is 0.0249. The van der Waals surface area contributed by atoms with Crippen molar-refractivity contribution < 1.29 is 14.6 Å². The summed E-state index contributed by atoms with van der Waals surface area (Å²) in [5.74, 6) is 0. The Labute approximate surface area is 122 Å². The van der Waals surface area contributed by atoms with E-state index in [0.717, 1.165) is 45.7 Å². The molecule has 0 bridgehead atoms. The molecule has 3 aliphatic rings. The topological polar surface area (TPSA) is 41.9 Å². The van der Waals surface area contributed by atoms with Crippen LogP contribution >= 0.6 is 0 Å². The minimum Gasteiger partial charge on any atom is -0.396 e. The summed E-state index contributed by atoms with van der Waals surface area (Å²) >= 11 is 0. The van der Waals surface area contributed by atoms with Gasteiger partial charge in [0, 0.05) is 19.6 Å². The third kappa shape index (κ3) is 3.53. The minimum atomic E-state index is 0.0249. The molecule has 0 spiro atoms. The van der Waals surface area contributed by atoms with Gasteiger partial charge in [-0.2, -0.15) is 0 Å². The second-order valence-corrected chi connectivity index (χ2v) is 7.02. The van der Waals surface area contributed by atoms with Crippen LogP contribution in [-0.4, -0.2) is 61.7 Å². The maximum absolute atomic E-state index is 9.50. The van der Waals surface area contributed by atoms with Gasteiger partial charge >= 0.3 is 0 Å². The molecule has 0 amide bonds. The smallest absolute Gasteiger partial charge is 0.0603 e. The number of nitrogens with zero attached hydrogens (tertiary/aromatic N) is 1. The summed E-state index contributed by atoms with van der Waals surface area (Å²) in [4.78, 5) is 2.49. The van der Waals surface area contributed by atoms with Crippen molar-refractivity contribution in [1.82, 2.24) is 4.90 Å². The molecular weight excluding hydrogens is 254 g/mol. The zero-order valence-electron chi connectivity index (χ0n) is 12.6. The summed E-state index contributed by atoms with van der Waals surface area (Å²) in [6, 6.07) is 0. The van der Waals surface area contributed by atoms with Crippen LogP contribution in [0.1, 0.15) is 44.9 Å². The lowest BCUT2D eigenvalue weighted by atomic mass is 9.85. The van der Waals surface area contributed by atoms with Crippen molar-refractivity contribution in [3.63, 3.8) is 0 Å². The fourth-order valence-electron chi connectivity index (χ4n) is 3.77. The molecule has 0 unspecified atom stereocenters. The SMILES string of the molecule is OCC1(CN2CCC(OC3CCCCC3)CC2)COC1. The second-order valence-electron chi connectivity index (χ2n) is 7.02. The lowest BCUT2D eigenvalue weighted by Crippen LogP contribution is -2.54. The van der Waals surface area contributed by atoms with Crippen LogP contribution in [0.25, 0.3) is 0 Å². The number of hydrogen-bond acceptors (Lipinski definition) is 4. The van der Waals surface area contributed by atoms with Gasteiger partial charge in [0.15, 0.2) is 0 Å². The van der Waals surface area contributed by atoms with Gasteiger partial charge in [0.2, 0.25) is 0 Å². The van der Waals surface area contributed by atoms with Crippen LogP contribution in [0.4, 0.5) is 0 Å². The molecule has 1 aliphatic carbocycles. The van der Waals surface area contributed by atoms with Gasteiger partial charge in [-0.05, 0) is 25.7 Å². The van der Waals surface area contributed by atoms with Crippen LogP contribution in [0.2, 0.25) is 0 Å². The van der Waals surface area contributed by atoms with Gasteiger partial charge in [-0.1, -0.05) is 19.3 Å². The van der Waals surface area contributed by atoms with Gasteiger partial charge in [0.25, 0.3) is 0 Å². The lowest BCUT2D eigenvalue weighted by Gasteiger charge is -2.45. The molecule has 4 heteroatoms. The van der Waals surface area contributed by atoms with Crippen molar-refractivity contribution in [2.45, 2.75) is 57.2 Å². The van der Waals surface area contributed by atoms with Crippen LogP contribution < -0.4 is 0 Å². The number of likely N-dealkylation sites (tertiary alicyclic amines) is 1. The Morgan fingerprint density at radius 3 is 2.20 bits per heavy atom. The van der Waals surface area contributed by atoms with Crippen molar-refractivity contribution in [3.8, 4) is 0 Å². The zero-order valence-corrected chi connectivity index (χ0v) is 12.6. The number of rotatable bonds is 5. The van der Waals surface area contributed by atoms with E-state index in [-0.39, 0.29) is 12.0 Å². The molecule has 20 heavy (non-hydrogen) atoms. The predicted molar refractivity (Wildman–Crippen MR) is 77.8 cm³/mol. The molecule has 1 N–H and O–H groups in total. The average molecular weight is 283 g/mol. The van der Waals surface area contributed by atoms with Gasteiger partial charge in [-0.15, -0.1) is 0 Å². The molecule has 3 rings (SSSR count). The lowest BCUT2D eigenvalue weighted by molar-refractivity contribution is -0.153. The molecule has 3 fully saturated rings. The van der Waals surface area contributed by atoms with E-state index in [1.54, 1.807) is 0 Å². The number of aliphatic hydroxyl groups is 1. The molecule has 1 saturated carbocycles. The highest BCUT2D eigenvalue weighted by Gasteiger charge is 2.40. The first kappa shape index (κ1) is 14.8. The monoisotopic (exact) mass is 283 g/mol.